The number of benzene rings is 2. The predicted molar refractivity (Wildman–Crippen MR) is 107 cm³/mol. The van der Waals surface area contributed by atoms with Gasteiger partial charge in [-0.05, 0) is 30.3 Å². The van der Waals surface area contributed by atoms with Crippen molar-refractivity contribution < 1.29 is 0 Å². The highest BCUT2D eigenvalue weighted by molar-refractivity contribution is 5.91. The van der Waals surface area contributed by atoms with Gasteiger partial charge in [0, 0.05) is 23.5 Å². The number of hydrogen-bond donors (Lipinski definition) is 0. The topological polar surface area (TPSA) is 54.5 Å². The molecule has 0 radical (unpaired) electrons. The summed E-state index contributed by atoms with van der Waals surface area (Å²) in [5.74, 6) is 0. The zero-order valence-electron chi connectivity index (χ0n) is 14.5. The number of nitriles is 1. The molecule has 0 fully saturated rings. The normalized spacial score (nSPS) is 11.1. The van der Waals surface area contributed by atoms with Gasteiger partial charge in [0.05, 0.1) is 22.6 Å². The van der Waals surface area contributed by atoms with Crippen molar-refractivity contribution in [1.29, 1.82) is 5.26 Å². The van der Waals surface area contributed by atoms with E-state index in [0.717, 1.165) is 22.5 Å². The predicted octanol–water partition coefficient (Wildman–Crippen LogP) is 5.00. The van der Waals surface area contributed by atoms with Gasteiger partial charge >= 0.3 is 0 Å². The lowest BCUT2D eigenvalue weighted by atomic mass is 10.0. The lowest BCUT2D eigenvalue weighted by Gasteiger charge is -2.00. The fourth-order valence-corrected chi connectivity index (χ4v) is 2.87. The van der Waals surface area contributed by atoms with Gasteiger partial charge in [-0.3, -0.25) is 4.98 Å². The fraction of sp³-hybridized carbons (Fsp3) is 0. The zero-order valence-corrected chi connectivity index (χ0v) is 14.5. The summed E-state index contributed by atoms with van der Waals surface area (Å²) >= 11 is 0. The molecule has 2 heterocycles. The first-order valence-electron chi connectivity index (χ1n) is 8.59. The number of pyridine rings is 1. The monoisotopic (exact) mass is 348 g/mol. The van der Waals surface area contributed by atoms with Gasteiger partial charge in [-0.15, -0.1) is 0 Å². The van der Waals surface area contributed by atoms with Crippen LogP contribution in [-0.2, 0) is 0 Å². The molecule has 0 saturated carbocycles. The van der Waals surface area contributed by atoms with Crippen LogP contribution in [0.2, 0.25) is 0 Å². The first-order valence-corrected chi connectivity index (χ1v) is 8.59. The van der Waals surface area contributed by atoms with Crippen molar-refractivity contribution in [3.63, 3.8) is 0 Å². The molecule has 0 aliphatic heterocycles. The number of aromatic nitrogens is 3. The third-order valence-electron chi connectivity index (χ3n) is 4.17. The molecule has 0 atom stereocenters. The van der Waals surface area contributed by atoms with Gasteiger partial charge < -0.3 is 0 Å². The summed E-state index contributed by atoms with van der Waals surface area (Å²) in [6.07, 6.45) is 5.47. The second kappa shape index (κ2) is 7.51. The molecule has 0 amide bonds. The summed E-state index contributed by atoms with van der Waals surface area (Å²) in [6, 6.07) is 27.7. The molecule has 0 saturated heterocycles. The second-order valence-corrected chi connectivity index (χ2v) is 5.96. The third-order valence-corrected chi connectivity index (χ3v) is 4.17. The van der Waals surface area contributed by atoms with E-state index in [0.29, 0.717) is 11.3 Å². The maximum Gasteiger partial charge on any atom is 0.101 e. The van der Waals surface area contributed by atoms with Crippen LogP contribution in [0, 0.1) is 11.3 Å². The molecular weight excluding hydrogens is 332 g/mol. The summed E-state index contributed by atoms with van der Waals surface area (Å²) in [6.45, 7) is 0. The quantitative estimate of drug-likeness (QED) is 0.488. The van der Waals surface area contributed by atoms with Crippen LogP contribution in [0.1, 0.15) is 11.3 Å². The van der Waals surface area contributed by atoms with Crippen molar-refractivity contribution in [2.75, 3.05) is 0 Å². The van der Waals surface area contributed by atoms with Crippen LogP contribution in [0.3, 0.4) is 0 Å². The summed E-state index contributed by atoms with van der Waals surface area (Å²) in [5, 5.41) is 14.4. The Morgan fingerprint density at radius 1 is 0.889 bits per heavy atom. The van der Waals surface area contributed by atoms with Gasteiger partial charge in [-0.1, -0.05) is 54.6 Å². The first-order chi connectivity index (χ1) is 13.3. The molecule has 0 spiro atoms. The van der Waals surface area contributed by atoms with Crippen molar-refractivity contribution in [3.05, 3.63) is 103 Å². The highest BCUT2D eigenvalue weighted by atomic mass is 15.3. The van der Waals surface area contributed by atoms with E-state index in [2.05, 4.69) is 11.1 Å². The lowest BCUT2D eigenvalue weighted by Crippen LogP contribution is -1.93. The highest BCUT2D eigenvalue weighted by Crippen LogP contribution is 2.27. The maximum absolute atomic E-state index is 9.64. The number of nitrogens with zero attached hydrogens (tertiary/aromatic N) is 4. The minimum absolute atomic E-state index is 0.500. The fourth-order valence-electron chi connectivity index (χ4n) is 2.87. The third kappa shape index (κ3) is 3.53. The number of para-hydroxylation sites is 1. The Morgan fingerprint density at radius 3 is 2.26 bits per heavy atom. The van der Waals surface area contributed by atoms with Crippen molar-refractivity contribution in [2.24, 2.45) is 0 Å². The Morgan fingerprint density at radius 2 is 1.59 bits per heavy atom. The lowest BCUT2D eigenvalue weighted by molar-refractivity contribution is 0.884. The second-order valence-electron chi connectivity index (χ2n) is 5.96. The van der Waals surface area contributed by atoms with Crippen LogP contribution in [-0.4, -0.2) is 14.8 Å². The van der Waals surface area contributed by atoms with E-state index < -0.39 is 0 Å². The van der Waals surface area contributed by atoms with Crippen LogP contribution < -0.4 is 0 Å². The van der Waals surface area contributed by atoms with Gasteiger partial charge in [0.1, 0.15) is 6.07 Å². The van der Waals surface area contributed by atoms with E-state index in [1.165, 1.54) is 0 Å². The largest absolute Gasteiger partial charge is 0.256 e. The molecule has 0 N–H and O–H groups in total. The Kier molecular flexibility index (Phi) is 4.59. The molecule has 2 aromatic heterocycles. The van der Waals surface area contributed by atoms with Crippen LogP contribution in [0.5, 0.6) is 0 Å². The molecule has 4 rings (SSSR count). The summed E-state index contributed by atoms with van der Waals surface area (Å²) in [5.41, 5.74) is 4.80. The van der Waals surface area contributed by atoms with Crippen molar-refractivity contribution >= 4 is 11.6 Å². The van der Waals surface area contributed by atoms with E-state index >= 15 is 0 Å². The Balaban J connectivity index is 1.87. The van der Waals surface area contributed by atoms with Gasteiger partial charge in [0.25, 0.3) is 0 Å². The minimum atomic E-state index is 0.500. The molecule has 4 heteroatoms. The maximum atomic E-state index is 9.64. The van der Waals surface area contributed by atoms with Crippen molar-refractivity contribution in [2.45, 2.75) is 0 Å². The van der Waals surface area contributed by atoms with E-state index in [-0.39, 0.29) is 0 Å². The molecule has 0 bridgehead atoms. The smallest absolute Gasteiger partial charge is 0.101 e. The van der Waals surface area contributed by atoms with Gasteiger partial charge in [-0.25, -0.2) is 4.68 Å². The molecule has 27 heavy (non-hydrogen) atoms. The molecule has 4 aromatic rings. The van der Waals surface area contributed by atoms with E-state index in [1.54, 1.807) is 6.20 Å². The van der Waals surface area contributed by atoms with E-state index in [1.807, 2.05) is 95.8 Å². The average Bonchev–Trinajstić information content (AvgIpc) is 3.18. The van der Waals surface area contributed by atoms with Gasteiger partial charge in [0.2, 0.25) is 0 Å². The van der Waals surface area contributed by atoms with Crippen LogP contribution in [0.15, 0.2) is 91.3 Å². The molecule has 4 nitrogen and oxygen atoms in total. The number of rotatable bonds is 4. The van der Waals surface area contributed by atoms with Crippen LogP contribution in [0.25, 0.3) is 28.6 Å². The van der Waals surface area contributed by atoms with E-state index in [4.69, 9.17) is 5.10 Å². The molecule has 2 aromatic carbocycles. The Hall–Kier alpha value is -3.97. The average molecular weight is 348 g/mol. The molecular formula is C23H16N4. The Bertz CT molecular complexity index is 1110. The van der Waals surface area contributed by atoms with Crippen LogP contribution >= 0.6 is 0 Å². The number of allylic oxidation sites excluding steroid dienone is 1. The van der Waals surface area contributed by atoms with Crippen molar-refractivity contribution in [1.82, 2.24) is 14.8 Å². The van der Waals surface area contributed by atoms with Gasteiger partial charge in [0.15, 0.2) is 0 Å². The summed E-state index contributed by atoms with van der Waals surface area (Å²) < 4.78 is 1.83. The van der Waals surface area contributed by atoms with Gasteiger partial charge in [-0.2, -0.15) is 10.4 Å². The van der Waals surface area contributed by atoms with Crippen LogP contribution in [0.4, 0.5) is 0 Å². The highest BCUT2D eigenvalue weighted by Gasteiger charge is 2.12. The Labute approximate surface area is 157 Å². The SMILES string of the molecule is N#C/C(=C/c1cn(-c2ccccc2)nc1-c1ccccc1)c1ccccn1. The summed E-state index contributed by atoms with van der Waals surface area (Å²) in [4.78, 5) is 4.30. The number of hydrogen-bond acceptors (Lipinski definition) is 3. The first kappa shape index (κ1) is 16.5. The molecule has 0 aliphatic carbocycles. The molecule has 0 unspecified atom stereocenters. The van der Waals surface area contributed by atoms with Crippen molar-refractivity contribution in [3.8, 4) is 23.0 Å². The summed E-state index contributed by atoms with van der Waals surface area (Å²) in [7, 11) is 0. The van der Waals surface area contributed by atoms with E-state index in [9.17, 15) is 5.26 Å². The minimum Gasteiger partial charge on any atom is -0.256 e. The molecule has 0 aliphatic rings. The zero-order chi connectivity index (χ0) is 18.5. The standard InChI is InChI=1S/C23H16N4/c24-16-19(22-13-7-8-14-25-22)15-20-17-27(21-11-5-2-6-12-21)26-23(20)18-9-3-1-4-10-18/h1-15,17H/b19-15-. The molecule has 128 valence electrons.